The van der Waals surface area contributed by atoms with E-state index in [-0.39, 0.29) is 0 Å². The Kier molecular flexibility index (Phi) is 6.34. The van der Waals surface area contributed by atoms with E-state index in [4.69, 9.17) is 9.84 Å². The first-order valence-corrected chi connectivity index (χ1v) is 7.84. The summed E-state index contributed by atoms with van der Waals surface area (Å²) < 4.78 is 6.04. The number of nitrogens with zero attached hydrogens (tertiary/aromatic N) is 1. The van der Waals surface area contributed by atoms with Gasteiger partial charge in [-0.3, -0.25) is 0 Å². The molecule has 1 saturated heterocycles. The molecule has 1 N–H and O–H groups in total. The number of benzene rings is 1. The lowest BCUT2D eigenvalue weighted by Crippen LogP contribution is -2.38. The van der Waals surface area contributed by atoms with Crippen LogP contribution in [0.3, 0.4) is 0 Å². The minimum Gasteiger partial charge on any atom is -0.490 e. The molecule has 0 spiro atoms. The summed E-state index contributed by atoms with van der Waals surface area (Å²) in [6.07, 6.45) is 5.88. The van der Waals surface area contributed by atoms with Gasteiger partial charge >= 0.3 is 0 Å². The summed E-state index contributed by atoms with van der Waals surface area (Å²) in [5.41, 5.74) is 1.27. The van der Waals surface area contributed by atoms with Gasteiger partial charge in [-0.15, -0.1) is 0 Å². The minimum atomic E-state index is 0.326. The van der Waals surface area contributed by atoms with Gasteiger partial charge in [0.2, 0.25) is 0 Å². The third kappa shape index (κ3) is 5.14. The SMILES string of the molecule is Cc1ccc(OC2CCN(CCCCCO)CC2)cc1. The Labute approximate surface area is 122 Å². The fourth-order valence-corrected chi connectivity index (χ4v) is 2.68. The Morgan fingerprint density at radius 2 is 1.80 bits per heavy atom. The van der Waals surface area contributed by atoms with Crippen LogP contribution in [0.15, 0.2) is 24.3 Å². The van der Waals surface area contributed by atoms with Gasteiger partial charge < -0.3 is 14.7 Å². The molecule has 0 aromatic heterocycles. The lowest BCUT2D eigenvalue weighted by atomic mass is 10.1. The molecule has 1 heterocycles. The Bertz CT molecular complexity index is 369. The van der Waals surface area contributed by atoms with Crippen LogP contribution in [0, 0.1) is 6.92 Å². The third-order valence-corrected chi connectivity index (χ3v) is 3.99. The smallest absolute Gasteiger partial charge is 0.119 e. The van der Waals surface area contributed by atoms with Crippen LogP contribution >= 0.6 is 0 Å². The van der Waals surface area contributed by atoms with Gasteiger partial charge in [0.25, 0.3) is 0 Å². The maximum Gasteiger partial charge on any atom is 0.119 e. The summed E-state index contributed by atoms with van der Waals surface area (Å²) in [5, 5.41) is 8.77. The highest BCUT2D eigenvalue weighted by molar-refractivity contribution is 5.26. The van der Waals surface area contributed by atoms with Gasteiger partial charge in [-0.25, -0.2) is 0 Å². The number of unbranched alkanes of at least 4 members (excludes halogenated alkanes) is 2. The van der Waals surface area contributed by atoms with Crippen molar-refractivity contribution in [3.05, 3.63) is 29.8 Å². The number of rotatable bonds is 7. The van der Waals surface area contributed by atoms with E-state index in [2.05, 4.69) is 36.1 Å². The monoisotopic (exact) mass is 277 g/mol. The highest BCUT2D eigenvalue weighted by atomic mass is 16.5. The van der Waals surface area contributed by atoms with Gasteiger partial charge in [-0.2, -0.15) is 0 Å². The number of aryl methyl sites for hydroxylation is 1. The van der Waals surface area contributed by atoms with Gasteiger partial charge in [0.05, 0.1) is 0 Å². The lowest BCUT2D eigenvalue weighted by Gasteiger charge is -2.32. The van der Waals surface area contributed by atoms with E-state index in [1.807, 2.05) is 0 Å². The summed E-state index contributed by atoms with van der Waals surface area (Å²) >= 11 is 0. The molecule has 20 heavy (non-hydrogen) atoms. The fraction of sp³-hybridized carbons (Fsp3) is 0.647. The van der Waals surface area contributed by atoms with Crippen molar-refractivity contribution in [2.24, 2.45) is 0 Å². The van der Waals surface area contributed by atoms with Gasteiger partial charge in [-0.1, -0.05) is 17.7 Å². The molecular weight excluding hydrogens is 250 g/mol. The molecule has 1 aromatic rings. The molecule has 112 valence electrons. The molecule has 1 aliphatic rings. The molecule has 0 saturated carbocycles. The number of hydrogen-bond acceptors (Lipinski definition) is 3. The number of piperidine rings is 1. The third-order valence-electron chi connectivity index (χ3n) is 3.99. The second-order valence-electron chi connectivity index (χ2n) is 5.76. The van der Waals surface area contributed by atoms with Crippen LogP contribution in [0.5, 0.6) is 5.75 Å². The number of ether oxygens (including phenoxy) is 1. The molecule has 3 nitrogen and oxygen atoms in total. The van der Waals surface area contributed by atoms with E-state index in [1.165, 1.54) is 12.0 Å². The molecule has 0 aliphatic carbocycles. The van der Waals surface area contributed by atoms with E-state index in [9.17, 15) is 0 Å². The van der Waals surface area contributed by atoms with E-state index in [1.54, 1.807) is 0 Å². The van der Waals surface area contributed by atoms with Crippen molar-refractivity contribution in [3.8, 4) is 5.75 Å². The van der Waals surface area contributed by atoms with Crippen molar-refractivity contribution >= 4 is 0 Å². The van der Waals surface area contributed by atoms with Gasteiger partial charge in [-0.05, 0) is 57.7 Å². The first kappa shape index (κ1) is 15.3. The first-order valence-electron chi connectivity index (χ1n) is 7.84. The molecule has 0 radical (unpaired) electrons. The molecule has 0 atom stereocenters. The van der Waals surface area contributed by atoms with Crippen LogP contribution in [-0.4, -0.2) is 42.4 Å². The fourth-order valence-electron chi connectivity index (χ4n) is 2.68. The molecule has 1 fully saturated rings. The molecule has 1 aromatic carbocycles. The molecule has 0 unspecified atom stereocenters. The predicted molar refractivity (Wildman–Crippen MR) is 82.2 cm³/mol. The van der Waals surface area contributed by atoms with E-state index in [0.29, 0.717) is 12.7 Å². The molecule has 1 aliphatic heterocycles. The highest BCUT2D eigenvalue weighted by Crippen LogP contribution is 2.19. The number of aliphatic hydroxyl groups is 1. The molecule has 0 amide bonds. The van der Waals surface area contributed by atoms with Crippen LogP contribution in [0.4, 0.5) is 0 Å². The quantitative estimate of drug-likeness (QED) is 0.778. The zero-order chi connectivity index (χ0) is 14.2. The minimum absolute atomic E-state index is 0.326. The second-order valence-corrected chi connectivity index (χ2v) is 5.76. The van der Waals surface area contributed by atoms with Crippen molar-refractivity contribution in [2.45, 2.75) is 45.1 Å². The number of hydrogen-bond donors (Lipinski definition) is 1. The van der Waals surface area contributed by atoms with E-state index < -0.39 is 0 Å². The molecule has 2 rings (SSSR count). The normalized spacial score (nSPS) is 17.3. The zero-order valence-corrected chi connectivity index (χ0v) is 12.6. The average molecular weight is 277 g/mol. The molecule has 0 bridgehead atoms. The first-order chi connectivity index (χ1) is 9.78. The van der Waals surface area contributed by atoms with Crippen LogP contribution in [0.1, 0.15) is 37.7 Å². The summed E-state index contributed by atoms with van der Waals surface area (Å²) in [4.78, 5) is 2.52. The van der Waals surface area contributed by atoms with Gasteiger partial charge in [0.1, 0.15) is 11.9 Å². The Hall–Kier alpha value is -1.06. The summed E-state index contributed by atoms with van der Waals surface area (Å²) in [5.74, 6) is 0.997. The Morgan fingerprint density at radius 3 is 2.45 bits per heavy atom. The summed E-state index contributed by atoms with van der Waals surface area (Å²) in [7, 11) is 0. The average Bonchev–Trinajstić information content (AvgIpc) is 2.48. The highest BCUT2D eigenvalue weighted by Gasteiger charge is 2.19. The topological polar surface area (TPSA) is 32.7 Å². The van der Waals surface area contributed by atoms with E-state index >= 15 is 0 Å². The van der Waals surface area contributed by atoms with Crippen molar-refractivity contribution in [1.29, 1.82) is 0 Å². The number of likely N-dealkylation sites (tertiary alicyclic amines) is 1. The maximum absolute atomic E-state index is 8.77. The van der Waals surface area contributed by atoms with Crippen LogP contribution in [0.2, 0.25) is 0 Å². The summed E-state index contributed by atoms with van der Waals surface area (Å²) in [6.45, 7) is 5.86. The molecular formula is C17H27NO2. The Morgan fingerprint density at radius 1 is 1.10 bits per heavy atom. The summed E-state index contributed by atoms with van der Waals surface area (Å²) in [6, 6.07) is 8.34. The predicted octanol–water partition coefficient (Wildman–Crippen LogP) is 3.00. The van der Waals surface area contributed by atoms with Gasteiger partial charge in [0, 0.05) is 19.7 Å². The maximum atomic E-state index is 8.77. The van der Waals surface area contributed by atoms with Crippen molar-refractivity contribution in [2.75, 3.05) is 26.2 Å². The van der Waals surface area contributed by atoms with Crippen LogP contribution in [-0.2, 0) is 0 Å². The zero-order valence-electron chi connectivity index (χ0n) is 12.6. The molecule has 3 heteroatoms. The largest absolute Gasteiger partial charge is 0.490 e. The van der Waals surface area contributed by atoms with E-state index in [0.717, 1.165) is 51.1 Å². The van der Waals surface area contributed by atoms with Crippen molar-refractivity contribution in [1.82, 2.24) is 4.90 Å². The van der Waals surface area contributed by atoms with Crippen molar-refractivity contribution in [3.63, 3.8) is 0 Å². The second kappa shape index (κ2) is 8.28. The van der Waals surface area contributed by atoms with Gasteiger partial charge in [0.15, 0.2) is 0 Å². The van der Waals surface area contributed by atoms with Crippen LogP contribution < -0.4 is 4.74 Å². The number of aliphatic hydroxyl groups excluding tert-OH is 1. The lowest BCUT2D eigenvalue weighted by molar-refractivity contribution is 0.0992. The standard InChI is InChI=1S/C17H27NO2/c1-15-5-7-16(8-6-15)20-17-9-12-18(13-10-17)11-3-2-4-14-19/h5-8,17,19H,2-4,9-14H2,1H3. The Balaban J connectivity index is 1.65. The van der Waals surface area contributed by atoms with Crippen molar-refractivity contribution < 1.29 is 9.84 Å². The van der Waals surface area contributed by atoms with Crippen LogP contribution in [0.25, 0.3) is 0 Å².